The Kier molecular flexibility index (Phi) is 4.14. The van der Waals surface area contributed by atoms with Crippen LogP contribution in [-0.4, -0.2) is 41.6 Å². The molecule has 1 aliphatic rings. The van der Waals surface area contributed by atoms with Crippen molar-refractivity contribution in [2.24, 2.45) is 5.92 Å². The predicted octanol–water partition coefficient (Wildman–Crippen LogP) is -0.638. The van der Waals surface area contributed by atoms with E-state index in [1.54, 1.807) is 11.6 Å². The number of carboxylic acids is 1. The third-order valence-electron chi connectivity index (χ3n) is 3.56. The van der Waals surface area contributed by atoms with Gasteiger partial charge in [0.15, 0.2) is 0 Å². The highest BCUT2D eigenvalue weighted by Crippen LogP contribution is 2.25. The Labute approximate surface area is 118 Å². The number of carboxylic acid groups (broad SMARTS) is 1. The lowest BCUT2D eigenvalue weighted by Gasteiger charge is -2.32. The van der Waals surface area contributed by atoms with E-state index in [0.717, 1.165) is 0 Å². The van der Waals surface area contributed by atoms with Crippen LogP contribution < -0.4 is 5.11 Å². The largest absolute Gasteiger partial charge is 0.550 e. The van der Waals surface area contributed by atoms with Crippen LogP contribution in [0.1, 0.15) is 25.5 Å². The lowest BCUT2D eigenvalue weighted by Crippen LogP contribution is -2.46. The van der Waals surface area contributed by atoms with Crippen LogP contribution in [0.2, 0.25) is 0 Å². The van der Waals surface area contributed by atoms with Crippen molar-refractivity contribution in [3.63, 3.8) is 0 Å². The SMILES string of the molecule is CCn1cc(S(=O)(=O)N2CCC[C@@H](C(=O)[O-])C2)c(C)n1. The van der Waals surface area contributed by atoms with Crippen LogP contribution in [0.25, 0.3) is 0 Å². The van der Waals surface area contributed by atoms with E-state index in [1.165, 1.54) is 10.5 Å². The van der Waals surface area contributed by atoms with Crippen molar-refractivity contribution < 1.29 is 18.3 Å². The summed E-state index contributed by atoms with van der Waals surface area (Å²) in [6, 6.07) is 0. The lowest BCUT2D eigenvalue weighted by atomic mass is 10.0. The summed E-state index contributed by atoms with van der Waals surface area (Å²) in [5.41, 5.74) is 0.433. The standard InChI is InChI=1S/C12H19N3O4S/c1-3-14-8-11(9(2)13-14)20(18,19)15-6-4-5-10(7-15)12(16)17/h8,10H,3-7H2,1-2H3,(H,16,17)/p-1/t10-/m1/s1. The zero-order valence-electron chi connectivity index (χ0n) is 11.6. The number of hydrogen-bond acceptors (Lipinski definition) is 5. The highest BCUT2D eigenvalue weighted by Gasteiger charge is 2.32. The Balaban J connectivity index is 2.29. The van der Waals surface area contributed by atoms with Crippen LogP contribution in [0.15, 0.2) is 11.1 Å². The molecular weight excluding hydrogens is 282 g/mol. The average molecular weight is 300 g/mol. The topological polar surface area (TPSA) is 95.3 Å². The molecule has 7 nitrogen and oxygen atoms in total. The molecule has 0 aromatic carbocycles. The summed E-state index contributed by atoms with van der Waals surface area (Å²) < 4.78 is 27.9. The number of nitrogens with zero attached hydrogens (tertiary/aromatic N) is 3. The van der Waals surface area contributed by atoms with Crippen LogP contribution in [0, 0.1) is 12.8 Å². The van der Waals surface area contributed by atoms with Gasteiger partial charge in [-0.05, 0) is 26.7 Å². The molecule has 1 aromatic heterocycles. The maximum Gasteiger partial charge on any atom is 0.246 e. The van der Waals surface area contributed by atoms with Crippen molar-refractivity contribution in [1.29, 1.82) is 0 Å². The van der Waals surface area contributed by atoms with Gasteiger partial charge < -0.3 is 9.90 Å². The Hall–Kier alpha value is -1.41. The van der Waals surface area contributed by atoms with Crippen molar-refractivity contribution in [3.05, 3.63) is 11.9 Å². The van der Waals surface area contributed by atoms with Crippen molar-refractivity contribution in [2.75, 3.05) is 13.1 Å². The first-order chi connectivity index (χ1) is 9.36. The van der Waals surface area contributed by atoms with Gasteiger partial charge in [-0.2, -0.15) is 9.40 Å². The molecule has 0 spiro atoms. The van der Waals surface area contributed by atoms with E-state index in [-0.39, 0.29) is 11.4 Å². The molecule has 0 radical (unpaired) electrons. The summed E-state index contributed by atoms with van der Waals surface area (Å²) in [4.78, 5) is 11.1. The minimum Gasteiger partial charge on any atom is -0.550 e. The van der Waals surface area contributed by atoms with Crippen LogP contribution in [0.3, 0.4) is 0 Å². The van der Waals surface area contributed by atoms with Crippen LogP contribution in [0.5, 0.6) is 0 Å². The molecule has 0 saturated carbocycles. The Morgan fingerprint density at radius 2 is 2.25 bits per heavy atom. The first-order valence-corrected chi connectivity index (χ1v) is 8.05. The Morgan fingerprint density at radius 3 is 2.80 bits per heavy atom. The second kappa shape index (κ2) is 5.53. The first kappa shape index (κ1) is 15.0. The van der Waals surface area contributed by atoms with E-state index in [9.17, 15) is 18.3 Å². The number of carbonyl (C=O) groups is 1. The number of aliphatic carboxylic acids is 1. The highest BCUT2D eigenvalue weighted by atomic mass is 32.2. The molecule has 2 rings (SSSR count). The maximum atomic E-state index is 12.6. The van der Waals surface area contributed by atoms with Gasteiger partial charge in [-0.3, -0.25) is 4.68 Å². The second-order valence-corrected chi connectivity index (χ2v) is 6.86. The summed E-state index contributed by atoms with van der Waals surface area (Å²) in [6.07, 6.45) is 2.48. The summed E-state index contributed by atoms with van der Waals surface area (Å²) in [5, 5.41) is 15.1. The van der Waals surface area contributed by atoms with Crippen LogP contribution in [-0.2, 0) is 21.4 Å². The van der Waals surface area contributed by atoms with Crippen molar-refractivity contribution in [1.82, 2.24) is 14.1 Å². The predicted molar refractivity (Wildman–Crippen MR) is 69.1 cm³/mol. The summed E-state index contributed by atoms with van der Waals surface area (Å²) in [5.74, 6) is -1.93. The maximum absolute atomic E-state index is 12.6. The van der Waals surface area contributed by atoms with E-state index in [2.05, 4.69) is 5.10 Å². The third kappa shape index (κ3) is 2.71. The number of carbonyl (C=O) groups excluding carboxylic acids is 1. The smallest absolute Gasteiger partial charge is 0.246 e. The van der Waals surface area contributed by atoms with Crippen molar-refractivity contribution >= 4 is 16.0 Å². The number of hydrogen-bond donors (Lipinski definition) is 0. The van der Waals surface area contributed by atoms with Crippen molar-refractivity contribution in [2.45, 2.75) is 38.1 Å². The van der Waals surface area contributed by atoms with Gasteiger partial charge in [0.25, 0.3) is 0 Å². The molecule has 0 aliphatic carbocycles. The second-order valence-electron chi connectivity index (χ2n) is 4.96. The van der Waals surface area contributed by atoms with Gasteiger partial charge in [-0.15, -0.1) is 0 Å². The van der Waals surface area contributed by atoms with E-state index in [0.29, 0.717) is 31.6 Å². The zero-order chi connectivity index (χ0) is 14.9. The molecule has 1 atom stereocenters. The minimum absolute atomic E-state index is 0.0264. The molecule has 1 aliphatic heterocycles. The van der Waals surface area contributed by atoms with E-state index in [4.69, 9.17) is 0 Å². The molecule has 2 heterocycles. The fourth-order valence-corrected chi connectivity index (χ4v) is 4.10. The third-order valence-corrected chi connectivity index (χ3v) is 5.53. The molecule has 1 fully saturated rings. The van der Waals surface area contributed by atoms with Crippen LogP contribution in [0.4, 0.5) is 0 Å². The average Bonchev–Trinajstić information content (AvgIpc) is 2.81. The van der Waals surface area contributed by atoms with E-state index >= 15 is 0 Å². The first-order valence-electron chi connectivity index (χ1n) is 6.61. The molecule has 112 valence electrons. The molecule has 8 heteroatoms. The molecule has 1 saturated heterocycles. The summed E-state index contributed by atoms with van der Waals surface area (Å²) >= 11 is 0. The van der Waals surface area contributed by atoms with Gasteiger partial charge in [0.1, 0.15) is 4.90 Å². The van der Waals surface area contributed by atoms with Gasteiger partial charge in [-0.1, -0.05) is 0 Å². The van der Waals surface area contributed by atoms with Gasteiger partial charge in [-0.25, -0.2) is 8.42 Å². The van der Waals surface area contributed by atoms with Gasteiger partial charge in [0.05, 0.1) is 5.69 Å². The van der Waals surface area contributed by atoms with E-state index in [1.807, 2.05) is 6.92 Å². The zero-order valence-corrected chi connectivity index (χ0v) is 12.4. The fraction of sp³-hybridized carbons (Fsp3) is 0.667. The lowest BCUT2D eigenvalue weighted by molar-refractivity contribution is -0.312. The number of aryl methyl sites for hydroxylation is 2. The molecule has 20 heavy (non-hydrogen) atoms. The molecule has 0 N–H and O–H groups in total. The number of sulfonamides is 1. The minimum atomic E-state index is -3.69. The number of aromatic nitrogens is 2. The Morgan fingerprint density at radius 1 is 1.55 bits per heavy atom. The van der Waals surface area contributed by atoms with Crippen LogP contribution >= 0.6 is 0 Å². The molecular formula is C12H18N3O4S-. The van der Waals surface area contributed by atoms with E-state index < -0.39 is 21.9 Å². The Bertz CT molecular complexity index is 608. The normalized spacial score (nSPS) is 21.0. The van der Waals surface area contributed by atoms with Gasteiger partial charge in [0, 0.05) is 37.7 Å². The quantitative estimate of drug-likeness (QED) is 0.737. The number of rotatable bonds is 4. The highest BCUT2D eigenvalue weighted by molar-refractivity contribution is 7.89. The van der Waals surface area contributed by atoms with Gasteiger partial charge in [0.2, 0.25) is 10.0 Å². The van der Waals surface area contributed by atoms with Crippen molar-refractivity contribution in [3.8, 4) is 0 Å². The number of piperidine rings is 1. The monoisotopic (exact) mass is 300 g/mol. The fourth-order valence-electron chi connectivity index (χ4n) is 2.41. The summed E-state index contributed by atoms with van der Waals surface area (Å²) in [7, 11) is -3.69. The molecule has 0 unspecified atom stereocenters. The summed E-state index contributed by atoms with van der Waals surface area (Å²) in [6.45, 7) is 4.40. The molecule has 0 bridgehead atoms. The molecule has 1 aromatic rings. The van der Waals surface area contributed by atoms with Gasteiger partial charge >= 0.3 is 0 Å². The molecule has 0 amide bonds.